The van der Waals surface area contributed by atoms with Crippen LogP contribution in [0.2, 0.25) is 0 Å². The van der Waals surface area contributed by atoms with Gasteiger partial charge in [-0.15, -0.1) is 0 Å². The van der Waals surface area contributed by atoms with Gasteiger partial charge in [0.15, 0.2) is 14.9 Å². The van der Waals surface area contributed by atoms with E-state index in [0.717, 1.165) is 10.6 Å². The summed E-state index contributed by atoms with van der Waals surface area (Å²) in [7, 11) is -7.44. The van der Waals surface area contributed by atoms with Gasteiger partial charge in [0, 0.05) is 19.2 Å². The van der Waals surface area contributed by atoms with Crippen molar-refractivity contribution in [3.63, 3.8) is 0 Å². The first-order valence-corrected chi connectivity index (χ1v) is 8.05. The summed E-state index contributed by atoms with van der Waals surface area (Å²) in [6.07, 6.45) is 1.68. The van der Waals surface area contributed by atoms with Gasteiger partial charge in [-0.3, -0.25) is 4.79 Å². The summed E-state index contributed by atoms with van der Waals surface area (Å²) in [6, 6.07) is 0. The Kier molecular flexibility index (Phi) is 3.51. The molecular weight excluding hydrogens is 242 g/mol. The van der Waals surface area contributed by atoms with E-state index in [9.17, 15) is 21.6 Å². The highest BCUT2D eigenvalue weighted by Gasteiger charge is 2.30. The molecule has 8 heteroatoms. The number of sulfonamides is 1. The van der Waals surface area contributed by atoms with Gasteiger partial charge in [-0.1, -0.05) is 0 Å². The van der Waals surface area contributed by atoms with Gasteiger partial charge < -0.3 is 0 Å². The maximum Gasteiger partial charge on any atom is 0.228 e. The van der Waals surface area contributed by atoms with Crippen LogP contribution in [0.25, 0.3) is 0 Å². The first-order chi connectivity index (χ1) is 6.71. The molecule has 0 radical (unpaired) electrons. The summed E-state index contributed by atoms with van der Waals surface area (Å²) in [6.45, 7) is 0.0292. The summed E-state index contributed by atoms with van der Waals surface area (Å²) in [5.41, 5.74) is 0. The van der Waals surface area contributed by atoms with Crippen molar-refractivity contribution in [2.75, 3.05) is 24.4 Å². The normalized spacial score (nSPS) is 20.5. The molecule has 0 N–H and O–H groups in total. The summed E-state index contributed by atoms with van der Waals surface area (Å²) in [5.74, 6) is -0.168. The van der Waals surface area contributed by atoms with Gasteiger partial charge in [-0.2, -0.15) is 4.31 Å². The number of hydrogen-bond donors (Lipinski definition) is 0. The van der Waals surface area contributed by atoms with Crippen LogP contribution in [0.15, 0.2) is 0 Å². The standard InChI is InChI=1S/C7H13NO5S2/c1-14(10,11)6-15(12,13)8-4-2-3-7(9)5-8/h2-6H2,1H3. The number of hydrogen-bond acceptors (Lipinski definition) is 5. The largest absolute Gasteiger partial charge is 0.298 e. The molecule has 0 aromatic carbocycles. The van der Waals surface area contributed by atoms with Crippen molar-refractivity contribution in [2.45, 2.75) is 12.8 Å². The fourth-order valence-corrected chi connectivity index (χ4v) is 4.90. The van der Waals surface area contributed by atoms with E-state index in [2.05, 4.69) is 0 Å². The molecule has 1 heterocycles. The molecule has 1 saturated heterocycles. The zero-order valence-electron chi connectivity index (χ0n) is 8.34. The molecule has 1 aliphatic heterocycles. The third kappa shape index (κ3) is 3.88. The number of carbonyl (C=O) groups is 1. The Labute approximate surface area is 89.2 Å². The summed E-state index contributed by atoms with van der Waals surface area (Å²) < 4.78 is 45.8. The Morgan fingerprint density at radius 3 is 2.33 bits per heavy atom. The van der Waals surface area contributed by atoms with Crippen LogP contribution in [0.5, 0.6) is 0 Å². The summed E-state index contributed by atoms with van der Waals surface area (Å²) in [4.78, 5) is 11.0. The molecule has 0 bridgehead atoms. The van der Waals surface area contributed by atoms with Crippen LogP contribution in [0.3, 0.4) is 0 Å². The minimum Gasteiger partial charge on any atom is -0.298 e. The van der Waals surface area contributed by atoms with Crippen LogP contribution in [0, 0.1) is 0 Å². The van der Waals surface area contributed by atoms with Crippen LogP contribution < -0.4 is 0 Å². The van der Waals surface area contributed by atoms with Gasteiger partial charge in [0.2, 0.25) is 10.0 Å². The molecule has 1 aliphatic rings. The molecular formula is C7H13NO5S2. The third-order valence-corrected chi connectivity index (χ3v) is 5.97. The Morgan fingerprint density at radius 2 is 1.87 bits per heavy atom. The van der Waals surface area contributed by atoms with Crippen LogP contribution in [0.4, 0.5) is 0 Å². The quantitative estimate of drug-likeness (QED) is 0.644. The number of nitrogens with zero attached hydrogens (tertiary/aromatic N) is 1. The lowest BCUT2D eigenvalue weighted by molar-refractivity contribution is -0.120. The van der Waals surface area contributed by atoms with E-state index in [4.69, 9.17) is 0 Å². The number of piperidine rings is 1. The van der Waals surface area contributed by atoms with Crippen LogP contribution >= 0.6 is 0 Å². The molecule has 0 unspecified atom stereocenters. The van der Waals surface area contributed by atoms with Crippen molar-refractivity contribution < 1.29 is 21.6 Å². The molecule has 0 amide bonds. The van der Waals surface area contributed by atoms with E-state index in [0.29, 0.717) is 12.8 Å². The van der Waals surface area contributed by atoms with Gasteiger partial charge in [-0.05, 0) is 6.42 Å². The minimum absolute atomic E-state index is 0.168. The lowest BCUT2D eigenvalue weighted by Crippen LogP contribution is -2.42. The van der Waals surface area contributed by atoms with Crippen LogP contribution in [-0.4, -0.2) is 51.4 Å². The SMILES string of the molecule is CS(=O)(=O)CS(=O)(=O)N1CCCC(=O)C1. The molecule has 1 fully saturated rings. The van der Waals surface area contributed by atoms with E-state index < -0.39 is 24.9 Å². The van der Waals surface area contributed by atoms with Crippen molar-refractivity contribution in [3.05, 3.63) is 0 Å². The average Bonchev–Trinajstić information content (AvgIpc) is 1.99. The van der Waals surface area contributed by atoms with Crippen molar-refractivity contribution in [1.82, 2.24) is 4.31 Å². The van der Waals surface area contributed by atoms with E-state index in [1.54, 1.807) is 0 Å². The number of carbonyl (C=O) groups excluding carboxylic acids is 1. The zero-order chi connectivity index (χ0) is 11.7. The number of ketones is 1. The fraction of sp³-hybridized carbons (Fsp3) is 0.857. The Hall–Kier alpha value is -0.470. The predicted molar refractivity (Wildman–Crippen MR) is 54.4 cm³/mol. The lowest BCUT2D eigenvalue weighted by atomic mass is 10.1. The molecule has 0 saturated carbocycles. The van der Waals surface area contributed by atoms with E-state index >= 15 is 0 Å². The number of Topliss-reactive ketones (excluding diaryl/α,β-unsaturated/α-hetero) is 1. The first kappa shape index (κ1) is 12.6. The summed E-state index contributed by atoms with van der Waals surface area (Å²) in [5, 5.41) is -0.923. The fourth-order valence-electron chi connectivity index (χ4n) is 1.39. The van der Waals surface area contributed by atoms with Gasteiger partial charge in [0.1, 0.15) is 5.78 Å². The minimum atomic E-state index is -3.85. The van der Waals surface area contributed by atoms with Gasteiger partial charge in [-0.25, -0.2) is 16.8 Å². The molecule has 15 heavy (non-hydrogen) atoms. The number of rotatable bonds is 3. The number of sulfone groups is 1. The van der Waals surface area contributed by atoms with Crippen LogP contribution in [0.1, 0.15) is 12.8 Å². The van der Waals surface area contributed by atoms with Gasteiger partial charge >= 0.3 is 0 Å². The maximum absolute atomic E-state index is 11.5. The molecule has 0 aromatic heterocycles. The van der Waals surface area contributed by atoms with E-state index in [1.165, 1.54) is 0 Å². The molecule has 0 aromatic rings. The second-order valence-corrected chi connectivity index (χ2v) is 8.11. The molecule has 0 spiro atoms. The van der Waals surface area contributed by atoms with Crippen molar-refractivity contribution in [3.8, 4) is 0 Å². The second-order valence-electron chi connectivity index (χ2n) is 3.63. The van der Waals surface area contributed by atoms with Crippen molar-refractivity contribution in [1.29, 1.82) is 0 Å². The molecule has 6 nitrogen and oxygen atoms in total. The Morgan fingerprint density at radius 1 is 1.27 bits per heavy atom. The van der Waals surface area contributed by atoms with Crippen molar-refractivity contribution >= 4 is 25.6 Å². The first-order valence-electron chi connectivity index (χ1n) is 4.38. The Balaban J connectivity index is 2.82. The molecule has 0 aliphatic carbocycles. The molecule has 88 valence electrons. The smallest absolute Gasteiger partial charge is 0.228 e. The highest BCUT2D eigenvalue weighted by atomic mass is 32.3. The summed E-state index contributed by atoms with van der Waals surface area (Å²) >= 11 is 0. The van der Waals surface area contributed by atoms with E-state index in [-0.39, 0.29) is 18.9 Å². The topological polar surface area (TPSA) is 88.6 Å². The van der Waals surface area contributed by atoms with Gasteiger partial charge in [0.05, 0.1) is 6.54 Å². The van der Waals surface area contributed by atoms with Crippen molar-refractivity contribution in [2.24, 2.45) is 0 Å². The maximum atomic E-state index is 11.5. The van der Waals surface area contributed by atoms with E-state index in [1.807, 2.05) is 0 Å². The average molecular weight is 255 g/mol. The Bertz CT molecular complexity index is 450. The molecule has 1 rings (SSSR count). The highest BCUT2D eigenvalue weighted by Crippen LogP contribution is 2.12. The highest BCUT2D eigenvalue weighted by molar-refractivity contribution is 8.06. The third-order valence-electron chi connectivity index (χ3n) is 1.97. The predicted octanol–water partition coefficient (Wildman–Crippen LogP) is -1.02. The monoisotopic (exact) mass is 255 g/mol. The lowest BCUT2D eigenvalue weighted by Gasteiger charge is -2.24. The molecule has 0 atom stereocenters. The zero-order valence-corrected chi connectivity index (χ0v) is 9.97. The van der Waals surface area contributed by atoms with Crippen LogP contribution in [-0.2, 0) is 24.7 Å². The second kappa shape index (κ2) is 4.18. The van der Waals surface area contributed by atoms with Gasteiger partial charge in [0.25, 0.3) is 0 Å².